The van der Waals surface area contributed by atoms with Crippen molar-refractivity contribution in [3.63, 3.8) is 0 Å². The zero-order valence-corrected chi connectivity index (χ0v) is 12.4. The van der Waals surface area contributed by atoms with Gasteiger partial charge in [-0.25, -0.2) is 9.59 Å². The summed E-state index contributed by atoms with van der Waals surface area (Å²) in [6.45, 7) is 0.184. The first-order valence-corrected chi connectivity index (χ1v) is 6.99. The van der Waals surface area contributed by atoms with Crippen LogP contribution in [-0.4, -0.2) is 22.6 Å². The number of carbonyl (C=O) groups excluding carboxylic acids is 1. The van der Waals surface area contributed by atoms with E-state index < -0.39 is 17.2 Å². The van der Waals surface area contributed by atoms with Crippen LogP contribution in [0.5, 0.6) is 0 Å². The fraction of sp³-hybridized carbons (Fsp3) is 0.118. The van der Waals surface area contributed by atoms with Gasteiger partial charge in [0.1, 0.15) is 0 Å². The first-order chi connectivity index (χ1) is 11.1. The highest BCUT2D eigenvalue weighted by Crippen LogP contribution is 2.10. The summed E-state index contributed by atoms with van der Waals surface area (Å²) in [5.74, 6) is -0.527. The number of nitrogens with zero attached hydrogens (tertiary/aromatic N) is 1. The topological polar surface area (TPSA) is 81.2 Å². The molecule has 0 bridgehead atoms. The lowest BCUT2D eigenvalue weighted by Crippen LogP contribution is -2.35. The van der Waals surface area contributed by atoms with Crippen LogP contribution in [0.25, 0.3) is 10.9 Å². The number of carbonyl (C=O) groups is 1. The number of fused-ring (bicyclic) bond motifs is 1. The van der Waals surface area contributed by atoms with E-state index in [0.29, 0.717) is 10.9 Å². The second kappa shape index (κ2) is 5.92. The predicted molar refractivity (Wildman–Crippen MR) is 85.7 cm³/mol. The molecule has 2 aromatic carbocycles. The minimum Gasteiger partial charge on any atom is -0.465 e. The van der Waals surface area contributed by atoms with Crippen molar-refractivity contribution in [2.24, 2.45) is 0 Å². The monoisotopic (exact) mass is 310 g/mol. The van der Waals surface area contributed by atoms with Gasteiger partial charge in [0.25, 0.3) is 5.56 Å². The van der Waals surface area contributed by atoms with E-state index in [1.807, 2.05) is 30.3 Å². The Hall–Kier alpha value is -3.15. The van der Waals surface area contributed by atoms with Gasteiger partial charge in [0.05, 0.1) is 30.1 Å². The van der Waals surface area contributed by atoms with Gasteiger partial charge in [-0.05, 0) is 23.8 Å². The normalized spacial score (nSPS) is 10.7. The van der Waals surface area contributed by atoms with Gasteiger partial charge in [0.15, 0.2) is 0 Å². The third-order valence-electron chi connectivity index (χ3n) is 3.59. The molecular weight excluding hydrogens is 296 g/mol. The zero-order valence-electron chi connectivity index (χ0n) is 12.4. The van der Waals surface area contributed by atoms with E-state index in [4.69, 9.17) is 0 Å². The van der Waals surface area contributed by atoms with Crippen LogP contribution in [0.1, 0.15) is 15.9 Å². The first-order valence-electron chi connectivity index (χ1n) is 6.99. The molecule has 0 saturated carbocycles. The maximum absolute atomic E-state index is 12.5. The molecule has 3 rings (SSSR count). The molecule has 0 saturated heterocycles. The van der Waals surface area contributed by atoms with Crippen molar-refractivity contribution in [3.8, 4) is 0 Å². The molecule has 1 heterocycles. The highest BCUT2D eigenvalue weighted by Gasteiger charge is 2.11. The quantitative estimate of drug-likeness (QED) is 0.744. The maximum atomic E-state index is 12.5. The van der Waals surface area contributed by atoms with Crippen LogP contribution >= 0.6 is 0 Å². The Morgan fingerprint density at radius 3 is 2.57 bits per heavy atom. The second-order valence-corrected chi connectivity index (χ2v) is 5.06. The Kier molecular flexibility index (Phi) is 3.80. The Labute approximate surface area is 131 Å². The molecule has 1 N–H and O–H groups in total. The number of ether oxygens (including phenoxy) is 1. The van der Waals surface area contributed by atoms with Crippen LogP contribution in [0.15, 0.2) is 58.1 Å². The lowest BCUT2D eigenvalue weighted by molar-refractivity contribution is 0.0601. The molecule has 0 radical (unpaired) electrons. The fourth-order valence-corrected chi connectivity index (χ4v) is 2.41. The van der Waals surface area contributed by atoms with E-state index in [0.717, 1.165) is 10.1 Å². The molecule has 0 aliphatic heterocycles. The predicted octanol–water partition coefficient (Wildman–Crippen LogP) is 1.52. The number of esters is 1. The van der Waals surface area contributed by atoms with Gasteiger partial charge in [-0.1, -0.05) is 30.3 Å². The lowest BCUT2D eigenvalue weighted by Gasteiger charge is -2.07. The number of aromatic nitrogens is 2. The van der Waals surface area contributed by atoms with Gasteiger partial charge in [-0.3, -0.25) is 9.36 Å². The van der Waals surface area contributed by atoms with E-state index in [1.54, 1.807) is 0 Å². The second-order valence-electron chi connectivity index (χ2n) is 5.06. The lowest BCUT2D eigenvalue weighted by atomic mass is 10.1. The van der Waals surface area contributed by atoms with Crippen LogP contribution in [0, 0.1) is 0 Å². The zero-order chi connectivity index (χ0) is 16.4. The summed E-state index contributed by atoms with van der Waals surface area (Å²) in [5, 5.41) is 0.341. The molecule has 6 nitrogen and oxygen atoms in total. The Morgan fingerprint density at radius 2 is 1.87 bits per heavy atom. The van der Waals surface area contributed by atoms with E-state index >= 15 is 0 Å². The molecule has 3 aromatic rings. The van der Waals surface area contributed by atoms with Crippen LogP contribution < -0.4 is 11.2 Å². The number of benzene rings is 2. The third-order valence-corrected chi connectivity index (χ3v) is 3.59. The highest BCUT2D eigenvalue weighted by molar-refractivity contribution is 5.93. The summed E-state index contributed by atoms with van der Waals surface area (Å²) in [5.41, 5.74) is 0.520. The minimum absolute atomic E-state index is 0.184. The number of methoxy groups -OCH3 is 1. The number of hydrogen-bond acceptors (Lipinski definition) is 4. The largest absolute Gasteiger partial charge is 0.465 e. The number of aromatic amines is 1. The van der Waals surface area contributed by atoms with E-state index in [1.165, 1.54) is 25.3 Å². The van der Waals surface area contributed by atoms with Crippen LogP contribution in [0.2, 0.25) is 0 Å². The smallest absolute Gasteiger partial charge is 0.337 e. The molecule has 1 aromatic heterocycles. The highest BCUT2D eigenvalue weighted by atomic mass is 16.5. The number of rotatable bonds is 3. The molecule has 23 heavy (non-hydrogen) atoms. The Bertz CT molecular complexity index is 987. The number of hydrogen-bond donors (Lipinski definition) is 1. The minimum atomic E-state index is -0.527. The molecule has 0 amide bonds. The van der Waals surface area contributed by atoms with Crippen LogP contribution in [0.4, 0.5) is 0 Å². The van der Waals surface area contributed by atoms with Crippen LogP contribution in [0.3, 0.4) is 0 Å². The molecule has 0 unspecified atom stereocenters. The summed E-state index contributed by atoms with van der Waals surface area (Å²) >= 11 is 0. The average Bonchev–Trinajstić information content (AvgIpc) is 2.58. The number of nitrogens with one attached hydrogen (secondary N) is 1. The standard InChI is InChI=1S/C17H14N2O4/c1-23-16(21)12-7-8-13-14(9-12)18-17(22)19(15(13)20)10-11-5-3-2-4-6-11/h2-9H,10H2,1H3,(H,18,22). The summed E-state index contributed by atoms with van der Waals surface area (Å²) in [7, 11) is 1.27. The van der Waals surface area contributed by atoms with Gasteiger partial charge in [-0.15, -0.1) is 0 Å². The van der Waals surface area contributed by atoms with E-state index in [2.05, 4.69) is 9.72 Å². The van der Waals surface area contributed by atoms with Crippen LogP contribution in [-0.2, 0) is 11.3 Å². The molecule has 0 spiro atoms. The van der Waals surface area contributed by atoms with Gasteiger partial charge in [0.2, 0.25) is 0 Å². The first kappa shape index (κ1) is 14.8. The van der Waals surface area contributed by atoms with Crippen molar-refractivity contribution in [3.05, 3.63) is 80.5 Å². The fourth-order valence-electron chi connectivity index (χ4n) is 2.41. The Morgan fingerprint density at radius 1 is 1.13 bits per heavy atom. The molecule has 0 aliphatic rings. The SMILES string of the molecule is COC(=O)c1ccc2c(=O)n(Cc3ccccc3)c(=O)[nH]c2c1. The van der Waals surface area contributed by atoms with Gasteiger partial charge >= 0.3 is 11.7 Å². The van der Waals surface area contributed by atoms with Crippen molar-refractivity contribution >= 4 is 16.9 Å². The molecule has 116 valence electrons. The van der Waals surface area contributed by atoms with E-state index in [9.17, 15) is 14.4 Å². The summed E-state index contributed by atoms with van der Waals surface area (Å²) in [6, 6.07) is 13.7. The molecule has 0 atom stereocenters. The van der Waals surface area contributed by atoms with E-state index in [-0.39, 0.29) is 12.1 Å². The molecular formula is C17H14N2O4. The Balaban J connectivity index is 2.13. The molecule has 0 fully saturated rings. The molecule has 6 heteroatoms. The van der Waals surface area contributed by atoms with Gasteiger partial charge in [-0.2, -0.15) is 0 Å². The summed E-state index contributed by atoms with van der Waals surface area (Å²) in [6.07, 6.45) is 0. The number of H-pyrrole nitrogens is 1. The van der Waals surface area contributed by atoms with Crippen molar-refractivity contribution in [2.45, 2.75) is 6.54 Å². The molecule has 0 aliphatic carbocycles. The third kappa shape index (κ3) is 2.78. The van der Waals surface area contributed by atoms with Crippen molar-refractivity contribution in [1.82, 2.24) is 9.55 Å². The van der Waals surface area contributed by atoms with Gasteiger partial charge in [0, 0.05) is 0 Å². The average molecular weight is 310 g/mol. The van der Waals surface area contributed by atoms with Crippen molar-refractivity contribution in [1.29, 1.82) is 0 Å². The summed E-state index contributed by atoms with van der Waals surface area (Å²) < 4.78 is 5.77. The summed E-state index contributed by atoms with van der Waals surface area (Å²) in [4.78, 5) is 38.9. The van der Waals surface area contributed by atoms with Crippen molar-refractivity contribution < 1.29 is 9.53 Å². The van der Waals surface area contributed by atoms with Crippen molar-refractivity contribution in [2.75, 3.05) is 7.11 Å². The van der Waals surface area contributed by atoms with Gasteiger partial charge < -0.3 is 9.72 Å². The maximum Gasteiger partial charge on any atom is 0.337 e.